The first-order valence-corrected chi connectivity index (χ1v) is 6.70. The van der Waals surface area contributed by atoms with Gasteiger partial charge in [-0.3, -0.25) is 0 Å². The smallest absolute Gasteiger partial charge is 0.123 e. The molecule has 0 unspecified atom stereocenters. The molecule has 5 heteroatoms. The maximum atomic E-state index is 9.49. The van der Waals surface area contributed by atoms with Crippen molar-refractivity contribution in [3.63, 3.8) is 0 Å². The van der Waals surface area contributed by atoms with Gasteiger partial charge in [0.05, 0.1) is 18.8 Å². The van der Waals surface area contributed by atoms with E-state index in [2.05, 4.69) is 16.0 Å². The molecule has 0 bridgehead atoms. The lowest BCUT2D eigenvalue weighted by molar-refractivity contribution is 0.415. The normalized spacial score (nSPS) is 11.4. The van der Waals surface area contributed by atoms with Crippen LogP contribution in [-0.2, 0) is 0 Å². The first kappa shape index (κ1) is 13.7. The van der Waals surface area contributed by atoms with E-state index in [1.54, 1.807) is 25.4 Å². The Balaban J connectivity index is 2.11. The first-order chi connectivity index (χ1) is 10.7. The fourth-order valence-corrected chi connectivity index (χ4v) is 2.29. The van der Waals surface area contributed by atoms with E-state index in [-0.39, 0.29) is 0 Å². The minimum atomic E-state index is 0.451. The molecule has 2 heterocycles. The minimum absolute atomic E-state index is 0.451. The van der Waals surface area contributed by atoms with E-state index >= 15 is 0 Å². The molecule has 0 spiro atoms. The molecule has 3 N–H and O–H groups in total. The summed E-state index contributed by atoms with van der Waals surface area (Å²) in [4.78, 5) is 7.20. The summed E-state index contributed by atoms with van der Waals surface area (Å²) >= 11 is 0. The second-order valence-electron chi connectivity index (χ2n) is 4.80. The van der Waals surface area contributed by atoms with Crippen LogP contribution in [0, 0.1) is 11.3 Å². The number of hydrogen-bond acceptors (Lipinski definition) is 4. The molecule has 0 saturated heterocycles. The molecule has 0 aliphatic heterocycles. The monoisotopic (exact) mass is 290 g/mol. The number of hydrogen-bond donors (Lipinski definition) is 2. The quantitative estimate of drug-likeness (QED) is 0.725. The summed E-state index contributed by atoms with van der Waals surface area (Å²) in [5, 5.41) is 10.4. The second kappa shape index (κ2) is 5.62. The standard InChI is InChI=1S/C17H14N4O/c1-22-13-3-4-16-14(7-13)15(10-20-16)12(8-18)6-11-2-5-17(19)21-9-11/h2-7,9-10,20H,1H3,(H2,19,21). The Hall–Kier alpha value is -3.26. The van der Waals surface area contributed by atoms with E-state index < -0.39 is 0 Å². The van der Waals surface area contributed by atoms with Gasteiger partial charge in [-0.05, 0) is 42.0 Å². The van der Waals surface area contributed by atoms with Crippen LogP contribution >= 0.6 is 0 Å². The molecule has 2 aromatic heterocycles. The van der Waals surface area contributed by atoms with Crippen molar-refractivity contribution in [2.24, 2.45) is 0 Å². The maximum Gasteiger partial charge on any atom is 0.123 e. The van der Waals surface area contributed by atoms with E-state index in [1.807, 2.05) is 30.5 Å². The van der Waals surface area contributed by atoms with Crippen molar-refractivity contribution >= 4 is 28.4 Å². The number of ether oxygens (including phenoxy) is 1. The number of anilines is 1. The van der Waals surface area contributed by atoms with Crippen LogP contribution in [-0.4, -0.2) is 17.1 Å². The summed E-state index contributed by atoms with van der Waals surface area (Å²) in [7, 11) is 1.62. The minimum Gasteiger partial charge on any atom is -0.497 e. The zero-order chi connectivity index (χ0) is 15.5. The van der Waals surface area contributed by atoms with Gasteiger partial charge in [0.25, 0.3) is 0 Å². The molecule has 5 nitrogen and oxygen atoms in total. The fourth-order valence-electron chi connectivity index (χ4n) is 2.29. The van der Waals surface area contributed by atoms with Crippen LogP contribution in [0.1, 0.15) is 11.1 Å². The molecule has 1 aromatic carbocycles. The number of aromatic amines is 1. The van der Waals surface area contributed by atoms with Crippen molar-refractivity contribution in [3.8, 4) is 11.8 Å². The van der Waals surface area contributed by atoms with E-state index in [9.17, 15) is 5.26 Å². The fraction of sp³-hybridized carbons (Fsp3) is 0.0588. The topological polar surface area (TPSA) is 87.7 Å². The number of nitrogens with two attached hydrogens (primary N) is 1. The summed E-state index contributed by atoms with van der Waals surface area (Å²) in [6.07, 6.45) is 5.25. The molecule has 0 atom stereocenters. The van der Waals surface area contributed by atoms with Crippen molar-refractivity contribution in [2.75, 3.05) is 12.8 Å². The number of H-pyrrole nitrogens is 1. The summed E-state index contributed by atoms with van der Waals surface area (Å²) < 4.78 is 5.25. The maximum absolute atomic E-state index is 9.49. The highest BCUT2D eigenvalue weighted by molar-refractivity contribution is 6.01. The van der Waals surface area contributed by atoms with E-state index in [0.717, 1.165) is 27.8 Å². The number of fused-ring (bicyclic) bond motifs is 1. The predicted octanol–water partition coefficient (Wildman–Crippen LogP) is 3.22. The highest BCUT2D eigenvalue weighted by atomic mass is 16.5. The molecule has 3 aromatic rings. The highest BCUT2D eigenvalue weighted by Gasteiger charge is 2.09. The Morgan fingerprint density at radius 3 is 2.91 bits per heavy atom. The van der Waals surface area contributed by atoms with Gasteiger partial charge in [-0.1, -0.05) is 0 Å². The average Bonchev–Trinajstić information content (AvgIpc) is 2.97. The van der Waals surface area contributed by atoms with Crippen LogP contribution in [0.5, 0.6) is 5.75 Å². The molecule has 0 radical (unpaired) electrons. The SMILES string of the molecule is COc1ccc2[nH]cc(C(C#N)=Cc3ccc(N)nc3)c2c1. The molecular formula is C17H14N4O. The van der Waals surface area contributed by atoms with Crippen molar-refractivity contribution in [3.05, 3.63) is 53.9 Å². The summed E-state index contributed by atoms with van der Waals surface area (Å²) in [6.45, 7) is 0. The molecule has 0 fully saturated rings. The Labute approximate surface area is 127 Å². The lowest BCUT2D eigenvalue weighted by Gasteiger charge is -2.02. The number of rotatable bonds is 3. The predicted molar refractivity (Wildman–Crippen MR) is 87.0 cm³/mol. The van der Waals surface area contributed by atoms with Crippen molar-refractivity contribution in [2.45, 2.75) is 0 Å². The van der Waals surface area contributed by atoms with Gasteiger partial charge in [0, 0.05) is 28.9 Å². The van der Waals surface area contributed by atoms with Gasteiger partial charge >= 0.3 is 0 Å². The Bertz CT molecular complexity index is 885. The van der Waals surface area contributed by atoms with Gasteiger partial charge in [0.1, 0.15) is 11.6 Å². The largest absolute Gasteiger partial charge is 0.497 e. The molecular weight excluding hydrogens is 276 g/mol. The van der Waals surface area contributed by atoms with E-state index in [1.165, 1.54) is 0 Å². The Kier molecular flexibility index (Phi) is 3.50. The van der Waals surface area contributed by atoms with Crippen molar-refractivity contribution in [1.82, 2.24) is 9.97 Å². The molecule has 22 heavy (non-hydrogen) atoms. The average molecular weight is 290 g/mol. The van der Waals surface area contributed by atoms with Gasteiger partial charge in [-0.2, -0.15) is 5.26 Å². The van der Waals surface area contributed by atoms with Gasteiger partial charge < -0.3 is 15.5 Å². The lowest BCUT2D eigenvalue weighted by atomic mass is 10.0. The Morgan fingerprint density at radius 2 is 2.23 bits per heavy atom. The van der Waals surface area contributed by atoms with Gasteiger partial charge in [-0.25, -0.2) is 4.98 Å². The number of allylic oxidation sites excluding steroid dienone is 1. The first-order valence-electron chi connectivity index (χ1n) is 6.70. The molecule has 0 amide bonds. The van der Waals surface area contributed by atoms with Gasteiger partial charge in [0.2, 0.25) is 0 Å². The zero-order valence-corrected chi connectivity index (χ0v) is 12.0. The van der Waals surface area contributed by atoms with Gasteiger partial charge in [0.15, 0.2) is 0 Å². The number of benzene rings is 1. The number of nitrogens with zero attached hydrogens (tertiary/aromatic N) is 2. The number of methoxy groups -OCH3 is 1. The third-order valence-electron chi connectivity index (χ3n) is 3.42. The van der Waals surface area contributed by atoms with Crippen LogP contribution in [0.3, 0.4) is 0 Å². The number of nitrogen functional groups attached to an aromatic ring is 1. The third kappa shape index (κ3) is 2.50. The summed E-state index contributed by atoms with van der Waals surface area (Å²) in [5.41, 5.74) is 8.72. The van der Waals surface area contributed by atoms with Crippen LogP contribution in [0.15, 0.2) is 42.7 Å². The number of aromatic nitrogens is 2. The summed E-state index contributed by atoms with van der Waals surface area (Å²) in [6, 6.07) is 11.5. The highest BCUT2D eigenvalue weighted by Crippen LogP contribution is 2.29. The lowest BCUT2D eigenvalue weighted by Crippen LogP contribution is -1.89. The number of nitrogens with one attached hydrogen (secondary N) is 1. The van der Waals surface area contributed by atoms with Crippen LogP contribution in [0.4, 0.5) is 5.82 Å². The molecule has 0 aliphatic carbocycles. The van der Waals surface area contributed by atoms with Crippen LogP contribution in [0.25, 0.3) is 22.6 Å². The van der Waals surface area contributed by atoms with Crippen LogP contribution < -0.4 is 10.5 Å². The number of nitriles is 1. The number of pyridine rings is 1. The van der Waals surface area contributed by atoms with Crippen molar-refractivity contribution < 1.29 is 4.74 Å². The molecule has 0 saturated carbocycles. The van der Waals surface area contributed by atoms with E-state index in [0.29, 0.717) is 11.4 Å². The van der Waals surface area contributed by atoms with Crippen LogP contribution in [0.2, 0.25) is 0 Å². The molecule has 3 rings (SSSR count). The Morgan fingerprint density at radius 1 is 1.36 bits per heavy atom. The van der Waals surface area contributed by atoms with E-state index in [4.69, 9.17) is 10.5 Å². The third-order valence-corrected chi connectivity index (χ3v) is 3.42. The zero-order valence-electron chi connectivity index (χ0n) is 12.0. The molecule has 108 valence electrons. The second-order valence-corrected chi connectivity index (χ2v) is 4.80. The van der Waals surface area contributed by atoms with Gasteiger partial charge in [-0.15, -0.1) is 0 Å². The summed E-state index contributed by atoms with van der Waals surface area (Å²) in [5.74, 6) is 1.20. The molecule has 0 aliphatic rings. The van der Waals surface area contributed by atoms with Crippen molar-refractivity contribution in [1.29, 1.82) is 5.26 Å².